The molecule has 0 bridgehead atoms. The third-order valence-corrected chi connectivity index (χ3v) is 11.0. The average Bonchev–Trinajstić information content (AvgIpc) is 3.37. The molecule has 3 heterocycles. The fraction of sp³-hybridized carbons (Fsp3) is 0.317. The van der Waals surface area contributed by atoms with E-state index >= 15 is 0 Å². The van der Waals surface area contributed by atoms with Crippen LogP contribution in [0.5, 0.6) is 11.5 Å². The summed E-state index contributed by atoms with van der Waals surface area (Å²) in [6, 6.07) is 26.1. The molecule has 4 N–H and O–H groups in total. The topological polar surface area (TPSA) is 75.4 Å². The SMILES string of the molecule is CCCc1c(N)n(C2=CC3Oc4ccccc4C4(C5=C(CC(/C(C)=C/C=C\N)CC5)Oc5ccccc54)C3CC2)c2ccccc12. The van der Waals surface area contributed by atoms with Crippen LogP contribution in [0, 0.1) is 11.8 Å². The lowest BCUT2D eigenvalue weighted by molar-refractivity contribution is 0.0890. The number of fused-ring (bicyclic) bond motifs is 8. The van der Waals surface area contributed by atoms with Crippen molar-refractivity contribution in [2.45, 2.75) is 70.3 Å². The number of aromatic nitrogens is 1. The molecule has 5 heteroatoms. The minimum absolute atomic E-state index is 0.109. The number of anilines is 1. The number of allylic oxidation sites excluding steroid dienone is 6. The largest absolute Gasteiger partial charge is 0.486 e. The van der Waals surface area contributed by atoms with Gasteiger partial charge in [-0.2, -0.15) is 0 Å². The molecule has 0 fully saturated rings. The summed E-state index contributed by atoms with van der Waals surface area (Å²) < 4.78 is 16.2. The molecule has 0 saturated heterocycles. The number of nitrogens with two attached hydrogens (primary N) is 2. The van der Waals surface area contributed by atoms with Crippen LogP contribution in [0.4, 0.5) is 5.82 Å². The highest BCUT2D eigenvalue weighted by molar-refractivity contribution is 5.92. The van der Waals surface area contributed by atoms with Gasteiger partial charge in [0.05, 0.1) is 10.9 Å². The molecule has 1 aromatic heterocycles. The maximum absolute atomic E-state index is 7.00. The molecule has 0 radical (unpaired) electrons. The van der Waals surface area contributed by atoms with Crippen LogP contribution in [0.1, 0.15) is 69.1 Å². The van der Waals surface area contributed by atoms with E-state index in [9.17, 15) is 0 Å². The van der Waals surface area contributed by atoms with Gasteiger partial charge in [0.2, 0.25) is 0 Å². The molecule has 1 spiro atoms. The van der Waals surface area contributed by atoms with Gasteiger partial charge in [-0.05, 0) is 87.1 Å². The third-order valence-electron chi connectivity index (χ3n) is 11.0. The quantitative estimate of drug-likeness (QED) is 0.221. The van der Waals surface area contributed by atoms with E-state index in [2.05, 4.69) is 103 Å². The van der Waals surface area contributed by atoms with Crippen molar-refractivity contribution >= 4 is 22.4 Å². The minimum Gasteiger partial charge on any atom is -0.486 e. The Balaban J connectivity index is 1.31. The molecule has 46 heavy (non-hydrogen) atoms. The Kier molecular flexibility index (Phi) is 7.08. The van der Waals surface area contributed by atoms with Crippen LogP contribution in [-0.4, -0.2) is 10.7 Å². The molecule has 4 atom stereocenters. The number of nitrogens with zero attached hydrogens (tertiary/aromatic N) is 1. The van der Waals surface area contributed by atoms with E-state index in [1.165, 1.54) is 44.4 Å². The maximum atomic E-state index is 7.00. The second kappa shape index (κ2) is 11.3. The van der Waals surface area contributed by atoms with Crippen LogP contribution in [0.15, 0.2) is 114 Å². The summed E-state index contributed by atoms with van der Waals surface area (Å²) in [7, 11) is 0. The molecule has 0 saturated carbocycles. The average molecular weight is 610 g/mol. The van der Waals surface area contributed by atoms with Gasteiger partial charge in [-0.15, -0.1) is 0 Å². The number of hydrogen-bond acceptors (Lipinski definition) is 4. The molecular weight excluding hydrogens is 566 g/mol. The first-order valence-corrected chi connectivity index (χ1v) is 17.0. The first-order valence-electron chi connectivity index (χ1n) is 17.0. The first kappa shape index (κ1) is 28.8. The summed E-state index contributed by atoms with van der Waals surface area (Å²) in [6.45, 7) is 4.44. The van der Waals surface area contributed by atoms with E-state index in [-0.39, 0.29) is 17.4 Å². The molecule has 8 rings (SSSR count). The first-order chi connectivity index (χ1) is 22.6. The fourth-order valence-corrected chi connectivity index (χ4v) is 9.08. The Morgan fingerprint density at radius 3 is 2.50 bits per heavy atom. The van der Waals surface area contributed by atoms with Crippen LogP contribution in [0.3, 0.4) is 0 Å². The minimum atomic E-state index is -0.330. The van der Waals surface area contributed by atoms with Crippen LogP contribution >= 0.6 is 0 Å². The van der Waals surface area contributed by atoms with Gasteiger partial charge in [-0.1, -0.05) is 79.6 Å². The molecule has 2 aliphatic heterocycles. The van der Waals surface area contributed by atoms with Gasteiger partial charge in [0.25, 0.3) is 0 Å². The summed E-state index contributed by atoms with van der Waals surface area (Å²) in [5.74, 6) is 4.57. The second-order valence-electron chi connectivity index (χ2n) is 13.4. The molecule has 2 aliphatic carbocycles. The smallest absolute Gasteiger partial charge is 0.131 e. The lowest BCUT2D eigenvalue weighted by atomic mass is 9.53. The summed E-state index contributed by atoms with van der Waals surface area (Å²) in [4.78, 5) is 0. The Bertz CT molecular complexity index is 1960. The van der Waals surface area contributed by atoms with E-state index in [0.29, 0.717) is 5.92 Å². The summed E-state index contributed by atoms with van der Waals surface area (Å²) >= 11 is 0. The number of para-hydroxylation sites is 3. The Hall–Kier alpha value is -4.64. The van der Waals surface area contributed by atoms with Gasteiger partial charge in [0.1, 0.15) is 29.2 Å². The van der Waals surface area contributed by atoms with Crippen molar-refractivity contribution in [3.05, 3.63) is 131 Å². The second-order valence-corrected chi connectivity index (χ2v) is 13.4. The zero-order chi connectivity index (χ0) is 31.4. The standard InChI is InChI=1S/C41H43N3O2/c1-3-11-30-29-13-4-7-16-35(29)44(40(30)43)28-20-22-34-39(25-28)46-37-18-9-6-15-32(37)41(34)31-14-5-8-17-36(31)45-38-24-27(19-21-33(38)41)26(2)12-10-23-42/h4-10,12-18,23,25,27,34,39H,3,11,19-22,24,42-43H2,1-2H3/b23-10-,26-12+. The van der Waals surface area contributed by atoms with Crippen molar-refractivity contribution < 1.29 is 9.47 Å². The predicted molar refractivity (Wildman–Crippen MR) is 188 cm³/mol. The van der Waals surface area contributed by atoms with Crippen LogP contribution in [0.25, 0.3) is 16.6 Å². The van der Waals surface area contributed by atoms with Gasteiger partial charge in [-0.25, -0.2) is 0 Å². The lowest BCUT2D eigenvalue weighted by Gasteiger charge is -2.54. The monoisotopic (exact) mass is 609 g/mol. The molecule has 234 valence electrons. The number of benzene rings is 3. The van der Waals surface area contributed by atoms with Gasteiger partial charge >= 0.3 is 0 Å². The molecule has 4 aliphatic rings. The Labute approximate surface area is 271 Å². The van der Waals surface area contributed by atoms with E-state index in [1.54, 1.807) is 6.20 Å². The highest BCUT2D eigenvalue weighted by atomic mass is 16.5. The number of rotatable bonds is 5. The van der Waals surface area contributed by atoms with Crippen LogP contribution < -0.4 is 20.9 Å². The van der Waals surface area contributed by atoms with Crippen LogP contribution in [-0.2, 0) is 11.8 Å². The van der Waals surface area contributed by atoms with Crippen molar-refractivity contribution in [3.63, 3.8) is 0 Å². The number of ether oxygens (including phenoxy) is 2. The van der Waals surface area contributed by atoms with E-state index in [1.807, 2.05) is 6.08 Å². The van der Waals surface area contributed by atoms with Crippen LogP contribution in [0.2, 0.25) is 0 Å². The third kappa shape index (κ3) is 4.21. The highest BCUT2D eigenvalue weighted by Crippen LogP contribution is 2.63. The van der Waals surface area contributed by atoms with Gasteiger partial charge in [0, 0.05) is 40.1 Å². The molecule has 0 amide bonds. The summed E-state index contributed by atoms with van der Waals surface area (Å²) in [6.07, 6.45) is 14.9. The Morgan fingerprint density at radius 1 is 0.957 bits per heavy atom. The van der Waals surface area contributed by atoms with Crippen molar-refractivity contribution in [3.8, 4) is 11.5 Å². The van der Waals surface area contributed by atoms with E-state index < -0.39 is 0 Å². The van der Waals surface area contributed by atoms with Crippen molar-refractivity contribution in [1.29, 1.82) is 0 Å². The molecule has 4 aromatic rings. The fourth-order valence-electron chi connectivity index (χ4n) is 9.08. The van der Waals surface area contributed by atoms with Crippen molar-refractivity contribution in [2.75, 3.05) is 5.73 Å². The van der Waals surface area contributed by atoms with E-state index in [0.717, 1.165) is 68.0 Å². The highest BCUT2D eigenvalue weighted by Gasteiger charge is 2.57. The normalized spacial score (nSPS) is 25.4. The summed E-state index contributed by atoms with van der Waals surface area (Å²) in [5, 5.41) is 1.26. The molecular formula is C41H43N3O2. The summed E-state index contributed by atoms with van der Waals surface area (Å²) in [5.41, 5.74) is 21.3. The predicted octanol–water partition coefficient (Wildman–Crippen LogP) is 9.04. The Morgan fingerprint density at radius 2 is 1.70 bits per heavy atom. The number of aryl methyl sites for hydroxylation is 1. The van der Waals surface area contributed by atoms with E-state index in [4.69, 9.17) is 20.9 Å². The number of hydrogen-bond donors (Lipinski definition) is 2. The van der Waals surface area contributed by atoms with Crippen molar-refractivity contribution in [2.24, 2.45) is 17.6 Å². The zero-order valence-corrected chi connectivity index (χ0v) is 26.8. The van der Waals surface area contributed by atoms with Crippen molar-refractivity contribution in [1.82, 2.24) is 4.57 Å². The lowest BCUT2D eigenvalue weighted by Crippen LogP contribution is -2.52. The molecule has 3 aromatic carbocycles. The number of nitrogen functional groups attached to an aromatic ring is 1. The van der Waals surface area contributed by atoms with Gasteiger partial charge in [-0.3, -0.25) is 0 Å². The maximum Gasteiger partial charge on any atom is 0.131 e. The molecule has 5 nitrogen and oxygen atoms in total. The zero-order valence-electron chi connectivity index (χ0n) is 26.8. The molecule has 4 unspecified atom stereocenters. The van der Waals surface area contributed by atoms with Gasteiger partial charge in [0.15, 0.2) is 0 Å². The van der Waals surface area contributed by atoms with Gasteiger partial charge < -0.3 is 25.5 Å².